The van der Waals surface area contributed by atoms with Crippen molar-refractivity contribution >= 4 is 22.7 Å². The van der Waals surface area contributed by atoms with Crippen molar-refractivity contribution in [2.24, 2.45) is 0 Å². The lowest BCUT2D eigenvalue weighted by atomic mass is 9.95. The van der Waals surface area contributed by atoms with Gasteiger partial charge in [0.2, 0.25) is 5.78 Å². The van der Waals surface area contributed by atoms with Gasteiger partial charge >= 0.3 is 0 Å². The summed E-state index contributed by atoms with van der Waals surface area (Å²) in [6.07, 6.45) is 0. The second-order valence-electron chi connectivity index (χ2n) is 8.44. The molecule has 1 atom stereocenters. The number of ether oxygens (including phenoxy) is 1. The summed E-state index contributed by atoms with van der Waals surface area (Å²) in [5.74, 6) is -0.813. The van der Waals surface area contributed by atoms with Crippen molar-refractivity contribution < 1.29 is 23.8 Å². The van der Waals surface area contributed by atoms with Crippen LogP contribution in [0.1, 0.15) is 41.6 Å². The monoisotopic (exact) mass is 462 g/mol. The topological polar surface area (TPSA) is 83.2 Å². The fourth-order valence-corrected chi connectivity index (χ4v) is 4.45. The van der Waals surface area contributed by atoms with E-state index in [4.69, 9.17) is 9.15 Å². The smallest absolute Gasteiger partial charge is 0.290 e. The molecule has 7 heteroatoms. The Morgan fingerprint density at radius 1 is 1.12 bits per heavy atom. The van der Waals surface area contributed by atoms with Gasteiger partial charge in [0.05, 0.1) is 18.7 Å². The molecule has 34 heavy (non-hydrogen) atoms. The molecule has 0 radical (unpaired) electrons. The van der Waals surface area contributed by atoms with Crippen LogP contribution in [0.4, 0.5) is 0 Å². The normalized spacial score (nSPS) is 16.2. The number of benzene rings is 2. The molecule has 4 rings (SSSR count). The Labute approximate surface area is 199 Å². The minimum Gasteiger partial charge on any atom is -0.503 e. The number of aliphatic hydroxyl groups excluding tert-OH is 1. The van der Waals surface area contributed by atoms with Gasteiger partial charge in [-0.3, -0.25) is 9.59 Å². The third kappa shape index (κ3) is 4.31. The molecule has 0 fully saturated rings. The highest BCUT2D eigenvalue weighted by Gasteiger charge is 2.44. The Balaban J connectivity index is 1.75. The zero-order valence-corrected chi connectivity index (χ0v) is 20.0. The summed E-state index contributed by atoms with van der Waals surface area (Å²) in [4.78, 5) is 30.5. The van der Waals surface area contributed by atoms with E-state index in [1.807, 2.05) is 37.3 Å². The Hall–Kier alpha value is -3.58. The van der Waals surface area contributed by atoms with Gasteiger partial charge in [-0.1, -0.05) is 37.6 Å². The van der Waals surface area contributed by atoms with Crippen LogP contribution in [0.2, 0.25) is 0 Å². The average Bonchev–Trinajstić information content (AvgIpc) is 3.38. The first-order valence-corrected chi connectivity index (χ1v) is 11.5. The first kappa shape index (κ1) is 23.6. The number of methoxy groups -OCH3 is 1. The maximum atomic E-state index is 13.6. The third-order valence-corrected chi connectivity index (χ3v) is 6.43. The molecule has 1 aliphatic heterocycles. The van der Waals surface area contributed by atoms with Gasteiger partial charge in [-0.2, -0.15) is 0 Å². The maximum absolute atomic E-state index is 13.6. The number of carbonyl (C=O) groups is 2. The van der Waals surface area contributed by atoms with E-state index >= 15 is 0 Å². The van der Waals surface area contributed by atoms with Crippen LogP contribution in [0.3, 0.4) is 0 Å². The van der Waals surface area contributed by atoms with Crippen LogP contribution >= 0.6 is 0 Å². The van der Waals surface area contributed by atoms with Gasteiger partial charge in [-0.15, -0.1) is 0 Å². The highest BCUT2D eigenvalue weighted by Crippen LogP contribution is 2.40. The number of aliphatic hydroxyl groups is 1. The van der Waals surface area contributed by atoms with Gasteiger partial charge in [-0.05, 0) is 55.9 Å². The van der Waals surface area contributed by atoms with E-state index in [0.29, 0.717) is 30.0 Å². The van der Waals surface area contributed by atoms with Crippen LogP contribution in [-0.2, 0) is 4.79 Å². The summed E-state index contributed by atoms with van der Waals surface area (Å²) in [5, 5.41) is 11.7. The van der Waals surface area contributed by atoms with E-state index in [1.165, 1.54) is 0 Å². The molecule has 1 unspecified atom stereocenters. The molecule has 178 valence electrons. The van der Waals surface area contributed by atoms with Crippen LogP contribution in [0, 0.1) is 6.92 Å². The third-order valence-electron chi connectivity index (χ3n) is 6.43. The number of fused-ring (bicyclic) bond motifs is 1. The standard InChI is InChI=1S/C27H30N2O5/c1-5-28(6-2)13-14-29-24(18-8-10-20(33-4)11-9-18)23(26(31)27(29)32)25(30)22-16-19-15-17(3)7-12-21(19)34-22/h7-12,15-16,24,31H,5-6,13-14H2,1-4H3. The molecule has 1 amide bonds. The molecule has 0 bridgehead atoms. The molecular weight excluding hydrogens is 432 g/mol. The molecule has 7 nitrogen and oxygen atoms in total. The second kappa shape index (κ2) is 9.73. The van der Waals surface area contributed by atoms with Gasteiger partial charge in [0.1, 0.15) is 11.3 Å². The number of nitrogens with zero attached hydrogens (tertiary/aromatic N) is 2. The SMILES string of the molecule is CCN(CC)CCN1C(=O)C(O)=C(C(=O)c2cc3cc(C)ccc3o2)C1c1ccc(OC)cc1. The lowest BCUT2D eigenvalue weighted by molar-refractivity contribution is -0.129. The van der Waals surface area contributed by atoms with Crippen LogP contribution < -0.4 is 4.74 Å². The highest BCUT2D eigenvalue weighted by atomic mass is 16.5. The molecule has 3 aromatic rings. The van der Waals surface area contributed by atoms with Crippen molar-refractivity contribution in [3.63, 3.8) is 0 Å². The second-order valence-corrected chi connectivity index (χ2v) is 8.44. The summed E-state index contributed by atoms with van der Waals surface area (Å²) >= 11 is 0. The Morgan fingerprint density at radius 2 is 1.82 bits per heavy atom. The van der Waals surface area contributed by atoms with E-state index in [-0.39, 0.29) is 11.3 Å². The van der Waals surface area contributed by atoms with Gasteiger partial charge in [0.25, 0.3) is 5.91 Å². The van der Waals surface area contributed by atoms with E-state index in [2.05, 4.69) is 18.7 Å². The number of hydrogen-bond donors (Lipinski definition) is 1. The van der Waals surface area contributed by atoms with E-state index in [9.17, 15) is 14.7 Å². The zero-order chi connectivity index (χ0) is 24.4. The minimum atomic E-state index is -0.726. The molecule has 0 spiro atoms. The summed E-state index contributed by atoms with van der Waals surface area (Å²) in [6, 6.07) is 13.8. The number of ketones is 1. The lowest BCUT2D eigenvalue weighted by Crippen LogP contribution is -2.38. The van der Waals surface area contributed by atoms with Crippen molar-refractivity contribution in [3.8, 4) is 5.75 Å². The van der Waals surface area contributed by atoms with Crippen LogP contribution in [0.15, 0.2) is 64.3 Å². The molecule has 1 aliphatic rings. The number of hydrogen-bond acceptors (Lipinski definition) is 6. The Bertz CT molecular complexity index is 1240. The molecule has 0 saturated carbocycles. The number of carbonyl (C=O) groups excluding carboxylic acids is 2. The van der Waals surface area contributed by atoms with Crippen LogP contribution in [0.25, 0.3) is 11.0 Å². The van der Waals surface area contributed by atoms with Crippen molar-refractivity contribution in [1.29, 1.82) is 0 Å². The summed E-state index contributed by atoms with van der Waals surface area (Å²) in [6.45, 7) is 8.77. The number of likely N-dealkylation sites (N-methyl/N-ethyl adjacent to an activating group) is 1. The fourth-order valence-electron chi connectivity index (χ4n) is 4.45. The predicted octanol–water partition coefficient (Wildman–Crippen LogP) is 4.67. The first-order valence-electron chi connectivity index (χ1n) is 11.5. The number of aryl methyl sites for hydroxylation is 1. The van der Waals surface area contributed by atoms with Crippen molar-refractivity contribution in [3.05, 3.63) is 76.8 Å². The summed E-state index contributed by atoms with van der Waals surface area (Å²) < 4.78 is 11.1. The number of furan rings is 1. The quantitative estimate of drug-likeness (QED) is 0.465. The molecule has 2 aromatic carbocycles. The van der Waals surface area contributed by atoms with Crippen molar-refractivity contribution in [2.75, 3.05) is 33.3 Å². The highest BCUT2D eigenvalue weighted by molar-refractivity contribution is 6.16. The maximum Gasteiger partial charge on any atom is 0.290 e. The minimum absolute atomic E-state index is 0.0329. The summed E-state index contributed by atoms with van der Waals surface area (Å²) in [5.41, 5.74) is 2.38. The van der Waals surface area contributed by atoms with E-state index in [0.717, 1.165) is 24.0 Å². The Kier molecular flexibility index (Phi) is 6.75. The first-order chi connectivity index (χ1) is 16.4. The molecule has 2 heterocycles. The number of Topliss-reactive ketones (excluding diaryl/α,β-unsaturated/α-hetero) is 1. The van der Waals surface area contributed by atoms with Gasteiger partial charge in [-0.25, -0.2) is 0 Å². The lowest BCUT2D eigenvalue weighted by Gasteiger charge is -2.29. The van der Waals surface area contributed by atoms with Crippen molar-refractivity contribution in [1.82, 2.24) is 9.80 Å². The molecule has 0 saturated heterocycles. The fraction of sp³-hybridized carbons (Fsp3) is 0.333. The average molecular weight is 463 g/mol. The predicted molar refractivity (Wildman–Crippen MR) is 130 cm³/mol. The molecule has 1 aromatic heterocycles. The number of rotatable bonds is 9. The number of amides is 1. The Morgan fingerprint density at radius 3 is 2.47 bits per heavy atom. The summed E-state index contributed by atoms with van der Waals surface area (Å²) in [7, 11) is 1.58. The van der Waals surface area contributed by atoms with Gasteiger partial charge < -0.3 is 24.1 Å². The van der Waals surface area contributed by atoms with Crippen LogP contribution in [0.5, 0.6) is 5.75 Å². The van der Waals surface area contributed by atoms with Gasteiger partial charge in [0.15, 0.2) is 11.5 Å². The van der Waals surface area contributed by atoms with Crippen LogP contribution in [-0.4, -0.2) is 59.9 Å². The van der Waals surface area contributed by atoms with E-state index < -0.39 is 23.5 Å². The zero-order valence-electron chi connectivity index (χ0n) is 20.0. The molecule has 0 aliphatic carbocycles. The van der Waals surface area contributed by atoms with Gasteiger partial charge in [0, 0.05) is 18.5 Å². The van der Waals surface area contributed by atoms with Crippen molar-refractivity contribution in [2.45, 2.75) is 26.8 Å². The van der Waals surface area contributed by atoms with E-state index in [1.54, 1.807) is 30.2 Å². The molecule has 1 N–H and O–H groups in total. The molecular formula is C27H30N2O5. The largest absolute Gasteiger partial charge is 0.503 e.